The molecule has 134 valence electrons. The van der Waals surface area contributed by atoms with Crippen molar-refractivity contribution in [2.24, 2.45) is 11.3 Å². The Labute approximate surface area is 142 Å². The van der Waals surface area contributed by atoms with E-state index in [0.717, 1.165) is 0 Å². The van der Waals surface area contributed by atoms with Crippen LogP contribution in [-0.2, 0) is 19.0 Å². The molecule has 0 aromatic carbocycles. The second-order valence-corrected chi connectivity index (χ2v) is 6.48. The van der Waals surface area contributed by atoms with Crippen molar-refractivity contribution in [3.05, 3.63) is 18.3 Å². The molecule has 1 aromatic rings. The first-order valence-corrected chi connectivity index (χ1v) is 8.07. The quantitative estimate of drug-likeness (QED) is 0.767. The van der Waals surface area contributed by atoms with Gasteiger partial charge in [0.25, 0.3) is 0 Å². The van der Waals surface area contributed by atoms with Gasteiger partial charge in [-0.25, -0.2) is 4.98 Å². The number of ether oxygens (including phenoxy) is 4. The standard InChI is InChI=1S/C17H26N2O5/c1-12(2)15-23-10-17(3,11-24-15)16(20)19-13-5-6-14(18-9-13)22-8-7-21-4/h5-6,9,12,15H,7-8,10-11H2,1-4H3,(H,19,20). The molecule has 0 aliphatic carbocycles. The van der Waals surface area contributed by atoms with Crippen LogP contribution in [0, 0.1) is 11.3 Å². The molecule has 1 aliphatic rings. The van der Waals surface area contributed by atoms with E-state index in [-0.39, 0.29) is 18.1 Å². The highest BCUT2D eigenvalue weighted by molar-refractivity contribution is 5.95. The molecule has 7 nitrogen and oxygen atoms in total. The highest BCUT2D eigenvalue weighted by Crippen LogP contribution is 2.28. The Balaban J connectivity index is 1.87. The molecule has 1 aromatic heterocycles. The van der Waals surface area contributed by atoms with E-state index in [1.54, 1.807) is 25.4 Å². The normalized spacial score (nSPS) is 24.0. The van der Waals surface area contributed by atoms with Crippen molar-refractivity contribution < 1.29 is 23.7 Å². The van der Waals surface area contributed by atoms with E-state index in [2.05, 4.69) is 10.3 Å². The summed E-state index contributed by atoms with van der Waals surface area (Å²) in [5.74, 6) is 0.590. The van der Waals surface area contributed by atoms with Crippen LogP contribution in [0.5, 0.6) is 5.88 Å². The van der Waals surface area contributed by atoms with Gasteiger partial charge in [0, 0.05) is 19.1 Å². The number of hydrogen-bond acceptors (Lipinski definition) is 6. The van der Waals surface area contributed by atoms with E-state index in [4.69, 9.17) is 18.9 Å². The van der Waals surface area contributed by atoms with Gasteiger partial charge in [0.15, 0.2) is 6.29 Å². The molecule has 0 bridgehead atoms. The van der Waals surface area contributed by atoms with Crippen molar-refractivity contribution in [1.29, 1.82) is 0 Å². The second-order valence-electron chi connectivity index (χ2n) is 6.48. The molecule has 1 aliphatic heterocycles. The lowest BCUT2D eigenvalue weighted by Gasteiger charge is -2.37. The number of carbonyl (C=O) groups is 1. The number of amides is 1. The molecule has 24 heavy (non-hydrogen) atoms. The topological polar surface area (TPSA) is 78.9 Å². The molecule has 0 radical (unpaired) electrons. The predicted molar refractivity (Wildman–Crippen MR) is 88.9 cm³/mol. The van der Waals surface area contributed by atoms with Crippen LogP contribution in [0.1, 0.15) is 20.8 Å². The van der Waals surface area contributed by atoms with Crippen molar-refractivity contribution >= 4 is 11.6 Å². The largest absolute Gasteiger partial charge is 0.475 e. The summed E-state index contributed by atoms with van der Waals surface area (Å²) in [6, 6.07) is 3.45. The van der Waals surface area contributed by atoms with E-state index >= 15 is 0 Å². The minimum atomic E-state index is -0.723. The van der Waals surface area contributed by atoms with Gasteiger partial charge in [-0.2, -0.15) is 0 Å². The summed E-state index contributed by atoms with van der Waals surface area (Å²) in [6.07, 6.45) is 1.31. The fourth-order valence-electron chi connectivity index (χ4n) is 2.19. The van der Waals surface area contributed by atoms with Crippen LogP contribution in [-0.4, -0.2) is 50.7 Å². The first-order valence-electron chi connectivity index (χ1n) is 8.07. The van der Waals surface area contributed by atoms with Gasteiger partial charge in [0.2, 0.25) is 11.8 Å². The Morgan fingerprint density at radius 1 is 1.38 bits per heavy atom. The number of anilines is 1. The smallest absolute Gasteiger partial charge is 0.235 e. The molecule has 1 N–H and O–H groups in total. The SMILES string of the molecule is COCCOc1ccc(NC(=O)C2(C)COC(C(C)C)OC2)cn1. The molecule has 0 spiro atoms. The molecule has 1 amide bonds. The zero-order chi connectivity index (χ0) is 17.6. The molecule has 0 unspecified atom stereocenters. The number of aromatic nitrogens is 1. The Morgan fingerprint density at radius 2 is 2.08 bits per heavy atom. The van der Waals surface area contributed by atoms with Gasteiger partial charge in [-0.1, -0.05) is 13.8 Å². The predicted octanol–water partition coefficient (Wildman–Crippen LogP) is 2.08. The third kappa shape index (κ3) is 4.90. The fraction of sp³-hybridized carbons (Fsp3) is 0.647. The Morgan fingerprint density at radius 3 is 2.62 bits per heavy atom. The average molecular weight is 338 g/mol. The molecule has 2 rings (SSSR count). The lowest BCUT2D eigenvalue weighted by atomic mass is 9.90. The molecule has 1 saturated heterocycles. The van der Waals surface area contributed by atoms with E-state index < -0.39 is 5.41 Å². The van der Waals surface area contributed by atoms with Crippen LogP contribution in [0.4, 0.5) is 5.69 Å². The van der Waals surface area contributed by atoms with E-state index in [9.17, 15) is 4.79 Å². The van der Waals surface area contributed by atoms with Crippen LogP contribution in [0.3, 0.4) is 0 Å². The van der Waals surface area contributed by atoms with E-state index in [1.807, 2.05) is 20.8 Å². The number of pyridine rings is 1. The monoisotopic (exact) mass is 338 g/mol. The van der Waals surface area contributed by atoms with Crippen molar-refractivity contribution in [3.63, 3.8) is 0 Å². The van der Waals surface area contributed by atoms with E-state index in [0.29, 0.717) is 38.0 Å². The third-order valence-electron chi connectivity index (χ3n) is 3.76. The lowest BCUT2D eigenvalue weighted by Crippen LogP contribution is -2.48. The van der Waals surface area contributed by atoms with Gasteiger partial charge in [-0.15, -0.1) is 0 Å². The molecule has 1 fully saturated rings. The lowest BCUT2D eigenvalue weighted by molar-refractivity contribution is -0.237. The third-order valence-corrected chi connectivity index (χ3v) is 3.76. The molecular weight excluding hydrogens is 312 g/mol. The summed E-state index contributed by atoms with van der Waals surface area (Å²) < 4.78 is 21.6. The summed E-state index contributed by atoms with van der Waals surface area (Å²) in [7, 11) is 1.61. The Bertz CT molecular complexity index is 524. The van der Waals surface area contributed by atoms with Crippen LogP contribution >= 0.6 is 0 Å². The van der Waals surface area contributed by atoms with Gasteiger partial charge in [-0.05, 0) is 13.0 Å². The Kier molecular flexibility index (Phi) is 6.53. The molecular formula is C17H26N2O5. The second kappa shape index (κ2) is 8.41. The zero-order valence-electron chi connectivity index (χ0n) is 14.7. The molecule has 0 atom stereocenters. The summed E-state index contributed by atoms with van der Waals surface area (Å²) in [5, 5.41) is 2.85. The average Bonchev–Trinajstić information content (AvgIpc) is 2.57. The van der Waals surface area contributed by atoms with Crippen molar-refractivity contribution in [2.45, 2.75) is 27.1 Å². The summed E-state index contributed by atoms with van der Waals surface area (Å²) in [4.78, 5) is 16.7. The van der Waals surface area contributed by atoms with Gasteiger partial charge in [0.05, 0.1) is 37.1 Å². The minimum absolute atomic E-state index is 0.153. The van der Waals surface area contributed by atoms with Gasteiger partial charge in [0.1, 0.15) is 6.61 Å². The van der Waals surface area contributed by atoms with Crippen LogP contribution in [0.25, 0.3) is 0 Å². The summed E-state index contributed by atoms with van der Waals surface area (Å²) >= 11 is 0. The molecule has 0 saturated carbocycles. The first kappa shape index (κ1) is 18.6. The van der Waals surface area contributed by atoms with Crippen molar-refractivity contribution in [3.8, 4) is 5.88 Å². The molecule has 7 heteroatoms. The maximum absolute atomic E-state index is 12.5. The van der Waals surface area contributed by atoms with Gasteiger partial charge < -0.3 is 24.3 Å². The fourth-order valence-corrected chi connectivity index (χ4v) is 2.19. The van der Waals surface area contributed by atoms with Crippen LogP contribution < -0.4 is 10.1 Å². The van der Waals surface area contributed by atoms with Crippen molar-refractivity contribution in [2.75, 3.05) is 38.9 Å². The number of methoxy groups -OCH3 is 1. The number of hydrogen-bond donors (Lipinski definition) is 1. The van der Waals surface area contributed by atoms with E-state index in [1.165, 1.54) is 0 Å². The first-order chi connectivity index (χ1) is 11.4. The zero-order valence-corrected chi connectivity index (χ0v) is 14.7. The highest BCUT2D eigenvalue weighted by atomic mass is 16.7. The van der Waals surface area contributed by atoms with Crippen molar-refractivity contribution in [1.82, 2.24) is 4.98 Å². The van der Waals surface area contributed by atoms with Gasteiger partial charge in [-0.3, -0.25) is 4.79 Å². The number of nitrogens with one attached hydrogen (secondary N) is 1. The number of nitrogens with zero attached hydrogens (tertiary/aromatic N) is 1. The maximum atomic E-state index is 12.5. The molecule has 2 heterocycles. The number of rotatable bonds is 7. The maximum Gasteiger partial charge on any atom is 0.235 e. The van der Waals surface area contributed by atoms with Crippen LogP contribution in [0.2, 0.25) is 0 Å². The summed E-state index contributed by atoms with van der Waals surface area (Å²) in [5.41, 5.74) is -0.120. The minimum Gasteiger partial charge on any atom is -0.475 e. The summed E-state index contributed by atoms with van der Waals surface area (Å²) in [6.45, 7) is 7.45. The van der Waals surface area contributed by atoms with Gasteiger partial charge >= 0.3 is 0 Å². The highest BCUT2D eigenvalue weighted by Gasteiger charge is 2.40. The Hall–Kier alpha value is -1.70. The van der Waals surface area contributed by atoms with Crippen LogP contribution in [0.15, 0.2) is 18.3 Å². The number of carbonyl (C=O) groups excluding carboxylic acids is 1.